The van der Waals surface area contributed by atoms with Crippen LogP contribution in [0, 0.1) is 0 Å². The van der Waals surface area contributed by atoms with Crippen LogP contribution in [0.1, 0.15) is 11.1 Å². The lowest BCUT2D eigenvalue weighted by Gasteiger charge is -2.34. The van der Waals surface area contributed by atoms with E-state index in [0.29, 0.717) is 22.6 Å². The van der Waals surface area contributed by atoms with Crippen LogP contribution < -0.4 is 15.4 Å². The van der Waals surface area contributed by atoms with E-state index >= 15 is 0 Å². The zero-order chi connectivity index (χ0) is 13.7. The number of carbonyl (C=O) groups excluding carboxylic acids is 1. The van der Waals surface area contributed by atoms with Gasteiger partial charge in [-0.15, -0.1) is 0 Å². The Morgan fingerprint density at radius 1 is 1.00 bits per heavy atom. The fourth-order valence-electron chi connectivity index (χ4n) is 2.93. The molecule has 20 heavy (non-hydrogen) atoms. The molecule has 0 aromatic heterocycles. The van der Waals surface area contributed by atoms with E-state index < -0.39 is 11.9 Å². The molecule has 2 aromatic rings. The molecule has 2 aliphatic rings. The maximum absolute atomic E-state index is 12.5. The number of ether oxygens (including phenoxy) is 1. The Kier molecular flexibility index (Phi) is 2.19. The highest BCUT2D eigenvalue weighted by Crippen LogP contribution is 2.47. The van der Waals surface area contributed by atoms with Gasteiger partial charge in [0, 0.05) is 11.1 Å². The largest absolute Gasteiger partial charge is 0.457 e. The highest BCUT2D eigenvalue weighted by atomic mass is 16.5. The summed E-state index contributed by atoms with van der Waals surface area (Å²) in [5.74, 6) is 0.944. The van der Waals surface area contributed by atoms with Crippen LogP contribution in [0.2, 0.25) is 0 Å². The van der Waals surface area contributed by atoms with E-state index in [-0.39, 0.29) is 5.91 Å². The Hall–Kier alpha value is -2.37. The summed E-state index contributed by atoms with van der Waals surface area (Å²) in [6.07, 6.45) is -1.08. The van der Waals surface area contributed by atoms with Crippen molar-refractivity contribution in [1.82, 2.24) is 10.6 Å². The molecule has 0 radical (unpaired) electrons. The first-order valence-corrected chi connectivity index (χ1v) is 6.35. The third-order valence-electron chi connectivity index (χ3n) is 3.76. The maximum Gasteiger partial charge on any atom is 0.253 e. The predicted molar refractivity (Wildman–Crippen MR) is 71.0 cm³/mol. The minimum atomic E-state index is -1.11. The molecule has 5 nitrogen and oxygen atoms in total. The zero-order valence-corrected chi connectivity index (χ0v) is 10.5. The number of para-hydroxylation sites is 2. The highest BCUT2D eigenvalue weighted by Gasteiger charge is 2.53. The van der Waals surface area contributed by atoms with Crippen molar-refractivity contribution in [2.24, 2.45) is 0 Å². The van der Waals surface area contributed by atoms with Gasteiger partial charge in [0.25, 0.3) is 5.91 Å². The lowest BCUT2D eigenvalue weighted by molar-refractivity contribution is -0.123. The number of hydrogen-bond acceptors (Lipinski definition) is 4. The number of aliphatic hydroxyl groups excluding tert-OH is 1. The average molecular weight is 268 g/mol. The summed E-state index contributed by atoms with van der Waals surface area (Å²) < 4.78 is 5.85. The standard InChI is InChI=1S/C15H12N2O3/c18-13-15(17-14(19)16-13)9-5-1-3-7-11(9)20-12-8-4-2-6-10(12)15/h1-8,14,17,19H,(H,16,18). The van der Waals surface area contributed by atoms with Crippen LogP contribution in [0.25, 0.3) is 0 Å². The second kappa shape index (κ2) is 3.82. The Bertz CT molecular complexity index is 668. The van der Waals surface area contributed by atoms with E-state index in [2.05, 4.69) is 10.6 Å². The maximum atomic E-state index is 12.5. The van der Waals surface area contributed by atoms with Crippen molar-refractivity contribution in [3.8, 4) is 11.5 Å². The van der Waals surface area contributed by atoms with Gasteiger partial charge in [-0.3, -0.25) is 10.1 Å². The first-order chi connectivity index (χ1) is 9.72. The van der Waals surface area contributed by atoms with Gasteiger partial charge < -0.3 is 15.2 Å². The molecule has 2 heterocycles. The quantitative estimate of drug-likeness (QED) is 0.667. The van der Waals surface area contributed by atoms with E-state index in [0.717, 1.165) is 0 Å². The number of carbonyl (C=O) groups is 1. The fraction of sp³-hybridized carbons (Fsp3) is 0.133. The van der Waals surface area contributed by atoms with Crippen molar-refractivity contribution >= 4 is 5.91 Å². The third-order valence-corrected chi connectivity index (χ3v) is 3.76. The average Bonchev–Trinajstić information content (AvgIpc) is 2.75. The van der Waals surface area contributed by atoms with Crippen LogP contribution >= 0.6 is 0 Å². The molecule has 1 fully saturated rings. The number of amides is 1. The van der Waals surface area contributed by atoms with Crippen molar-refractivity contribution in [2.45, 2.75) is 11.9 Å². The Morgan fingerprint density at radius 2 is 1.55 bits per heavy atom. The van der Waals surface area contributed by atoms with Gasteiger partial charge in [0.15, 0.2) is 11.9 Å². The number of rotatable bonds is 0. The van der Waals surface area contributed by atoms with Gasteiger partial charge in [0.1, 0.15) is 11.5 Å². The van der Waals surface area contributed by atoms with E-state index in [1.165, 1.54) is 0 Å². The van der Waals surface area contributed by atoms with Gasteiger partial charge >= 0.3 is 0 Å². The van der Waals surface area contributed by atoms with Crippen LogP contribution in [0.4, 0.5) is 0 Å². The summed E-state index contributed by atoms with van der Waals surface area (Å²) in [5, 5.41) is 15.2. The van der Waals surface area contributed by atoms with Crippen LogP contribution in [-0.2, 0) is 10.3 Å². The Balaban J connectivity index is 2.05. The summed E-state index contributed by atoms with van der Waals surface area (Å²) in [6, 6.07) is 14.7. The van der Waals surface area contributed by atoms with Gasteiger partial charge in [-0.05, 0) is 12.1 Å². The minimum absolute atomic E-state index is 0.284. The Morgan fingerprint density at radius 3 is 2.05 bits per heavy atom. The van der Waals surface area contributed by atoms with Gasteiger partial charge in [-0.2, -0.15) is 0 Å². The number of benzene rings is 2. The van der Waals surface area contributed by atoms with Crippen molar-refractivity contribution in [2.75, 3.05) is 0 Å². The van der Waals surface area contributed by atoms with Gasteiger partial charge in [-0.1, -0.05) is 36.4 Å². The van der Waals surface area contributed by atoms with Crippen molar-refractivity contribution < 1.29 is 14.6 Å². The minimum Gasteiger partial charge on any atom is -0.457 e. The molecule has 1 unspecified atom stereocenters. The molecule has 100 valence electrons. The molecule has 5 heteroatoms. The first kappa shape index (κ1) is 11.5. The summed E-state index contributed by atoms with van der Waals surface area (Å²) >= 11 is 0. The van der Waals surface area contributed by atoms with Gasteiger partial charge in [0.2, 0.25) is 0 Å². The van der Waals surface area contributed by atoms with Crippen LogP contribution in [-0.4, -0.2) is 17.4 Å². The van der Waals surface area contributed by atoms with Crippen molar-refractivity contribution in [1.29, 1.82) is 0 Å². The summed E-state index contributed by atoms with van der Waals surface area (Å²) in [4.78, 5) is 12.5. The molecule has 4 rings (SSSR count). The number of hydrogen-bond donors (Lipinski definition) is 3. The smallest absolute Gasteiger partial charge is 0.253 e. The fourth-order valence-corrected chi connectivity index (χ4v) is 2.93. The lowest BCUT2D eigenvalue weighted by Crippen LogP contribution is -2.47. The third kappa shape index (κ3) is 1.31. The predicted octanol–water partition coefficient (Wildman–Crippen LogP) is 1.03. The first-order valence-electron chi connectivity index (χ1n) is 6.35. The van der Waals surface area contributed by atoms with Crippen molar-refractivity contribution in [3.63, 3.8) is 0 Å². The van der Waals surface area contributed by atoms with E-state index in [9.17, 15) is 9.90 Å². The number of nitrogens with one attached hydrogen (secondary N) is 2. The molecule has 0 bridgehead atoms. The molecule has 2 aromatic carbocycles. The second-order valence-corrected chi connectivity index (χ2v) is 4.86. The molecule has 2 aliphatic heterocycles. The van der Waals surface area contributed by atoms with Crippen LogP contribution in [0.5, 0.6) is 11.5 Å². The molecule has 0 saturated carbocycles. The molecular formula is C15H12N2O3. The summed E-state index contributed by atoms with van der Waals surface area (Å²) in [5.41, 5.74) is 0.297. The summed E-state index contributed by atoms with van der Waals surface area (Å²) in [6.45, 7) is 0. The van der Waals surface area contributed by atoms with Crippen LogP contribution in [0.15, 0.2) is 48.5 Å². The second-order valence-electron chi connectivity index (χ2n) is 4.86. The van der Waals surface area contributed by atoms with E-state index in [1.54, 1.807) is 0 Å². The highest BCUT2D eigenvalue weighted by molar-refractivity contribution is 5.95. The monoisotopic (exact) mass is 268 g/mol. The Labute approximate surface area is 115 Å². The van der Waals surface area contributed by atoms with Gasteiger partial charge in [-0.25, -0.2) is 0 Å². The van der Waals surface area contributed by atoms with Gasteiger partial charge in [0.05, 0.1) is 0 Å². The summed E-state index contributed by atoms with van der Waals surface area (Å²) in [7, 11) is 0. The number of fused-ring (bicyclic) bond motifs is 4. The normalized spacial score (nSPS) is 21.9. The van der Waals surface area contributed by atoms with Crippen molar-refractivity contribution in [3.05, 3.63) is 59.7 Å². The number of aliphatic hydroxyl groups is 1. The zero-order valence-electron chi connectivity index (χ0n) is 10.5. The van der Waals surface area contributed by atoms with E-state index in [4.69, 9.17) is 4.74 Å². The lowest BCUT2D eigenvalue weighted by atomic mass is 9.80. The molecule has 1 saturated heterocycles. The van der Waals surface area contributed by atoms with Crippen LogP contribution in [0.3, 0.4) is 0 Å². The van der Waals surface area contributed by atoms with E-state index in [1.807, 2.05) is 48.5 Å². The molecular weight excluding hydrogens is 256 g/mol. The molecule has 3 N–H and O–H groups in total. The molecule has 0 aliphatic carbocycles. The SMILES string of the molecule is O=C1NC(O)NC12c1ccccc1Oc1ccccc12. The topological polar surface area (TPSA) is 70.6 Å². The molecule has 1 amide bonds. The molecule has 1 spiro atoms. The molecule has 1 atom stereocenters.